The van der Waals surface area contributed by atoms with E-state index in [1.54, 1.807) is 30.3 Å². The molecule has 6 heteroatoms. The predicted molar refractivity (Wildman–Crippen MR) is 98.8 cm³/mol. The van der Waals surface area contributed by atoms with Crippen molar-refractivity contribution in [1.29, 1.82) is 0 Å². The molecule has 0 radical (unpaired) electrons. The molecule has 0 atom stereocenters. The summed E-state index contributed by atoms with van der Waals surface area (Å²) in [5, 5.41) is 4.38. The van der Waals surface area contributed by atoms with Crippen LogP contribution in [0.15, 0.2) is 76.1 Å². The van der Waals surface area contributed by atoms with Gasteiger partial charge in [-0.2, -0.15) is 0 Å². The van der Waals surface area contributed by atoms with Crippen LogP contribution < -0.4 is 5.32 Å². The quantitative estimate of drug-likeness (QED) is 0.715. The Kier molecular flexibility index (Phi) is 4.69. The number of halogens is 1. The number of sulfone groups is 1. The average Bonchev–Trinajstić information content (AvgIpc) is 2.53. The Hall–Kier alpha value is -2.18. The van der Waals surface area contributed by atoms with E-state index in [1.807, 2.05) is 30.3 Å². The SMILES string of the molecule is O=C(CS(=O)(=O)c1ccc2ccccc2c1)Nc1cccc(Br)c1. The third kappa shape index (κ3) is 3.83. The molecule has 3 aromatic carbocycles. The first-order valence-corrected chi connectivity index (χ1v) is 9.65. The monoisotopic (exact) mass is 403 g/mol. The predicted octanol–water partition coefficient (Wildman–Crippen LogP) is 4.01. The summed E-state index contributed by atoms with van der Waals surface area (Å²) in [6.45, 7) is 0. The number of nitrogens with one attached hydrogen (secondary N) is 1. The van der Waals surface area contributed by atoms with E-state index in [1.165, 1.54) is 6.07 Å². The number of benzene rings is 3. The fraction of sp³-hybridized carbons (Fsp3) is 0.0556. The first kappa shape index (κ1) is 16.7. The normalized spacial score (nSPS) is 11.4. The zero-order valence-corrected chi connectivity index (χ0v) is 15.0. The largest absolute Gasteiger partial charge is 0.325 e. The van der Waals surface area contributed by atoms with Gasteiger partial charge in [0.2, 0.25) is 5.91 Å². The Morgan fingerprint density at radius 3 is 2.42 bits per heavy atom. The summed E-state index contributed by atoms with van der Waals surface area (Å²) in [4.78, 5) is 12.2. The molecule has 3 aromatic rings. The maximum atomic E-state index is 12.5. The van der Waals surface area contributed by atoms with Crippen LogP contribution in [0.4, 0.5) is 5.69 Å². The van der Waals surface area contributed by atoms with Crippen molar-refractivity contribution in [3.05, 3.63) is 71.2 Å². The van der Waals surface area contributed by atoms with E-state index >= 15 is 0 Å². The summed E-state index contributed by atoms with van der Waals surface area (Å²) in [5.41, 5.74) is 0.545. The van der Waals surface area contributed by atoms with Crippen molar-refractivity contribution in [3.8, 4) is 0 Å². The number of anilines is 1. The Morgan fingerprint density at radius 1 is 0.917 bits per heavy atom. The second-order valence-electron chi connectivity index (χ2n) is 5.33. The summed E-state index contributed by atoms with van der Waals surface area (Å²) in [7, 11) is -3.70. The van der Waals surface area contributed by atoms with E-state index in [2.05, 4.69) is 21.2 Å². The van der Waals surface area contributed by atoms with Crippen LogP contribution in [0.2, 0.25) is 0 Å². The molecule has 0 aliphatic carbocycles. The van der Waals surface area contributed by atoms with Crippen LogP contribution in [0, 0.1) is 0 Å². The van der Waals surface area contributed by atoms with Gasteiger partial charge in [0.25, 0.3) is 0 Å². The summed E-state index contributed by atoms with van der Waals surface area (Å²) >= 11 is 3.30. The molecule has 4 nitrogen and oxygen atoms in total. The maximum absolute atomic E-state index is 12.5. The minimum Gasteiger partial charge on any atom is -0.325 e. The molecule has 0 aliphatic heterocycles. The molecule has 3 rings (SSSR count). The van der Waals surface area contributed by atoms with E-state index in [0.717, 1.165) is 15.2 Å². The highest BCUT2D eigenvalue weighted by Crippen LogP contribution is 2.20. The average molecular weight is 404 g/mol. The smallest absolute Gasteiger partial charge is 0.239 e. The maximum Gasteiger partial charge on any atom is 0.239 e. The molecule has 0 spiro atoms. The van der Waals surface area contributed by atoms with Crippen LogP contribution in [0.5, 0.6) is 0 Å². The molecular formula is C18H14BrNO3S. The van der Waals surface area contributed by atoms with Crippen LogP contribution in [-0.4, -0.2) is 20.1 Å². The molecule has 0 fully saturated rings. The molecule has 0 saturated heterocycles. The first-order valence-electron chi connectivity index (χ1n) is 7.21. The highest BCUT2D eigenvalue weighted by atomic mass is 79.9. The Morgan fingerprint density at radius 2 is 1.67 bits per heavy atom. The zero-order chi connectivity index (χ0) is 17.2. The van der Waals surface area contributed by atoms with Gasteiger partial charge in [0, 0.05) is 10.2 Å². The van der Waals surface area contributed by atoms with Crippen LogP contribution in [-0.2, 0) is 14.6 Å². The highest BCUT2D eigenvalue weighted by Gasteiger charge is 2.19. The van der Waals surface area contributed by atoms with Gasteiger partial charge in [-0.3, -0.25) is 4.79 Å². The van der Waals surface area contributed by atoms with Gasteiger partial charge in [-0.05, 0) is 41.1 Å². The number of hydrogen-bond donors (Lipinski definition) is 1. The van der Waals surface area contributed by atoms with Crippen molar-refractivity contribution in [2.75, 3.05) is 11.1 Å². The molecule has 122 valence electrons. The van der Waals surface area contributed by atoms with E-state index in [0.29, 0.717) is 5.69 Å². The van der Waals surface area contributed by atoms with Crippen LogP contribution in [0.25, 0.3) is 10.8 Å². The molecule has 0 saturated carbocycles. The molecule has 1 amide bonds. The van der Waals surface area contributed by atoms with Crippen LogP contribution >= 0.6 is 15.9 Å². The lowest BCUT2D eigenvalue weighted by Crippen LogP contribution is -2.23. The van der Waals surface area contributed by atoms with Crippen molar-refractivity contribution in [2.45, 2.75) is 4.90 Å². The standard InChI is InChI=1S/C18H14BrNO3S/c19-15-6-3-7-16(11-15)20-18(21)12-24(22,23)17-9-8-13-4-1-2-5-14(13)10-17/h1-11H,12H2,(H,20,21). The molecule has 0 unspecified atom stereocenters. The van der Waals surface area contributed by atoms with Gasteiger partial charge in [0.1, 0.15) is 5.75 Å². The van der Waals surface area contributed by atoms with Gasteiger partial charge in [0.15, 0.2) is 9.84 Å². The first-order chi connectivity index (χ1) is 11.4. The third-order valence-corrected chi connectivity index (χ3v) is 5.62. The molecule has 24 heavy (non-hydrogen) atoms. The number of rotatable bonds is 4. The zero-order valence-electron chi connectivity index (χ0n) is 12.6. The van der Waals surface area contributed by atoms with Gasteiger partial charge in [-0.1, -0.05) is 52.3 Å². The Bertz CT molecular complexity index is 1020. The fourth-order valence-electron chi connectivity index (χ4n) is 2.38. The summed E-state index contributed by atoms with van der Waals surface area (Å²) < 4.78 is 25.8. The van der Waals surface area contributed by atoms with Crippen molar-refractivity contribution in [3.63, 3.8) is 0 Å². The summed E-state index contributed by atoms with van der Waals surface area (Å²) in [5.74, 6) is -1.17. The van der Waals surface area contributed by atoms with Gasteiger partial charge in [0.05, 0.1) is 4.90 Å². The number of fused-ring (bicyclic) bond motifs is 1. The van der Waals surface area contributed by atoms with E-state index in [9.17, 15) is 13.2 Å². The lowest BCUT2D eigenvalue weighted by molar-refractivity contribution is -0.113. The topological polar surface area (TPSA) is 63.2 Å². The second-order valence-corrected chi connectivity index (χ2v) is 8.23. The fourth-order valence-corrected chi connectivity index (χ4v) is 3.95. The van der Waals surface area contributed by atoms with Crippen molar-refractivity contribution in [1.82, 2.24) is 0 Å². The molecule has 0 aromatic heterocycles. The van der Waals surface area contributed by atoms with Crippen molar-refractivity contribution in [2.24, 2.45) is 0 Å². The molecule has 0 heterocycles. The summed E-state index contributed by atoms with van der Waals surface area (Å²) in [6.07, 6.45) is 0. The molecule has 1 N–H and O–H groups in total. The van der Waals surface area contributed by atoms with Gasteiger partial charge in [-0.15, -0.1) is 0 Å². The number of amides is 1. The number of carbonyl (C=O) groups is 1. The van der Waals surface area contributed by atoms with E-state index in [4.69, 9.17) is 0 Å². The Balaban J connectivity index is 1.80. The van der Waals surface area contributed by atoms with Gasteiger partial charge >= 0.3 is 0 Å². The van der Waals surface area contributed by atoms with Crippen molar-refractivity contribution < 1.29 is 13.2 Å². The van der Waals surface area contributed by atoms with Gasteiger partial charge in [-0.25, -0.2) is 8.42 Å². The summed E-state index contributed by atoms with van der Waals surface area (Å²) in [6, 6.07) is 19.3. The van der Waals surface area contributed by atoms with Crippen LogP contribution in [0.1, 0.15) is 0 Å². The van der Waals surface area contributed by atoms with Crippen LogP contribution in [0.3, 0.4) is 0 Å². The van der Waals surface area contributed by atoms with Crippen molar-refractivity contribution >= 4 is 48.1 Å². The lowest BCUT2D eigenvalue weighted by atomic mass is 10.1. The molecule has 0 bridgehead atoms. The minimum atomic E-state index is -3.70. The lowest BCUT2D eigenvalue weighted by Gasteiger charge is -2.08. The second kappa shape index (κ2) is 6.75. The van der Waals surface area contributed by atoms with E-state index < -0.39 is 21.5 Å². The number of carbonyl (C=O) groups excluding carboxylic acids is 1. The minimum absolute atomic E-state index is 0.144. The number of hydrogen-bond acceptors (Lipinski definition) is 3. The van der Waals surface area contributed by atoms with Gasteiger partial charge < -0.3 is 5.32 Å². The Labute approximate surface area is 148 Å². The highest BCUT2D eigenvalue weighted by molar-refractivity contribution is 9.10. The van der Waals surface area contributed by atoms with E-state index in [-0.39, 0.29) is 4.90 Å². The molecular weight excluding hydrogens is 390 g/mol. The molecule has 0 aliphatic rings. The third-order valence-electron chi connectivity index (χ3n) is 3.51.